The van der Waals surface area contributed by atoms with E-state index in [9.17, 15) is 27.2 Å². The van der Waals surface area contributed by atoms with E-state index in [0.29, 0.717) is 17.2 Å². The van der Waals surface area contributed by atoms with Crippen LogP contribution in [0.5, 0.6) is 17.2 Å². The zero-order valence-corrected chi connectivity index (χ0v) is 21.7. The highest BCUT2D eigenvalue weighted by molar-refractivity contribution is 6.00. The Morgan fingerprint density at radius 3 is 2.20 bits per heavy atom. The zero-order valence-electron chi connectivity index (χ0n) is 21.7. The zero-order chi connectivity index (χ0) is 29.5. The molecule has 1 aliphatic heterocycles. The number of aliphatic imine (C=N–C) groups is 1. The van der Waals surface area contributed by atoms with Gasteiger partial charge in [-0.05, 0) is 61.5 Å². The number of ether oxygens (including phenoxy) is 3. The Hall–Kier alpha value is -4.78. The van der Waals surface area contributed by atoms with Gasteiger partial charge in [0.15, 0.2) is 0 Å². The van der Waals surface area contributed by atoms with Crippen molar-refractivity contribution in [2.24, 2.45) is 4.99 Å². The van der Waals surface area contributed by atoms with Crippen molar-refractivity contribution in [3.05, 3.63) is 84.2 Å². The summed E-state index contributed by atoms with van der Waals surface area (Å²) in [7, 11) is 0. The van der Waals surface area contributed by atoms with Crippen molar-refractivity contribution in [2.75, 3.05) is 18.5 Å². The van der Waals surface area contributed by atoms with E-state index in [1.807, 2.05) is 0 Å². The van der Waals surface area contributed by atoms with Crippen LogP contribution < -0.4 is 20.1 Å². The first kappa shape index (κ1) is 29.2. The molecule has 41 heavy (non-hydrogen) atoms. The smallest absolute Gasteiger partial charge is 0.457 e. The number of amides is 2. The number of carbonyl (C=O) groups is 2. The maximum Gasteiger partial charge on any atom is 0.573 e. The molecule has 1 unspecified atom stereocenters. The van der Waals surface area contributed by atoms with Gasteiger partial charge >= 0.3 is 6.36 Å². The predicted octanol–water partition coefficient (Wildman–Crippen LogP) is 4.63. The quantitative estimate of drug-likeness (QED) is 0.243. The first-order chi connectivity index (χ1) is 19.5. The molecule has 4 rings (SSSR count). The van der Waals surface area contributed by atoms with Crippen LogP contribution in [0.1, 0.15) is 12.5 Å². The normalized spacial score (nSPS) is 13.8. The third-order valence-corrected chi connectivity index (χ3v) is 5.68. The number of nitrogens with zero attached hydrogens (tertiary/aromatic N) is 2. The number of hydrogen-bond donors (Lipinski definition) is 2. The highest BCUT2D eigenvalue weighted by Crippen LogP contribution is 2.27. The van der Waals surface area contributed by atoms with Crippen LogP contribution in [0.3, 0.4) is 0 Å². The number of benzene rings is 3. The van der Waals surface area contributed by atoms with E-state index in [0.717, 1.165) is 6.07 Å². The summed E-state index contributed by atoms with van der Waals surface area (Å²) in [5.41, 5.74) is -1.15. The highest BCUT2D eigenvalue weighted by atomic mass is 19.4. The summed E-state index contributed by atoms with van der Waals surface area (Å²) in [6.45, 7) is 0.615. The van der Waals surface area contributed by atoms with Crippen molar-refractivity contribution in [1.82, 2.24) is 5.32 Å². The van der Waals surface area contributed by atoms with Gasteiger partial charge in [-0.2, -0.15) is 0 Å². The number of halogens is 4. The summed E-state index contributed by atoms with van der Waals surface area (Å²) >= 11 is 0. The minimum Gasteiger partial charge on any atom is -0.457 e. The molecule has 9 nitrogen and oxygen atoms in total. The van der Waals surface area contributed by atoms with Crippen LogP contribution in [0.2, 0.25) is 0 Å². The van der Waals surface area contributed by atoms with Crippen LogP contribution in [-0.4, -0.2) is 54.1 Å². The van der Waals surface area contributed by atoms with Crippen LogP contribution in [0.4, 0.5) is 23.2 Å². The van der Waals surface area contributed by atoms with Gasteiger partial charge in [-0.3, -0.25) is 9.59 Å². The first-order valence-corrected chi connectivity index (χ1v) is 12.2. The number of anilines is 1. The third kappa shape index (κ3) is 8.60. The van der Waals surface area contributed by atoms with Gasteiger partial charge in [0.1, 0.15) is 35.1 Å². The summed E-state index contributed by atoms with van der Waals surface area (Å²) in [5.74, 6) is -1.14. The second-order valence-corrected chi connectivity index (χ2v) is 9.12. The minimum atomic E-state index is -4.89. The van der Waals surface area contributed by atoms with E-state index in [1.165, 1.54) is 66.6 Å². The molecule has 0 saturated heterocycles. The van der Waals surface area contributed by atoms with E-state index in [2.05, 4.69) is 20.4 Å². The van der Waals surface area contributed by atoms with Crippen molar-refractivity contribution in [3.8, 4) is 17.2 Å². The molecular weight excluding hydrogens is 548 g/mol. The van der Waals surface area contributed by atoms with Gasteiger partial charge in [-0.25, -0.2) is 8.97 Å². The van der Waals surface area contributed by atoms with Crippen molar-refractivity contribution in [3.63, 3.8) is 0 Å². The molecule has 0 radical (unpaired) electrons. The standard InChI is InChI=1S/C28H24F4N4O5/c1-27(35-25(37)14-36-17-33-18-36,16-39-15-19-4-2-3-5-24(19)41-28(30,31)32)26(38)34-21-8-12-23(13-9-21)40-22-10-6-20(29)7-11-22/h2-13,17-18H,14-16H2,1H3,(H-,34,35,37,38)/p+1. The fourth-order valence-corrected chi connectivity index (χ4v) is 3.64. The Bertz CT molecular complexity index is 1440. The van der Waals surface area contributed by atoms with Crippen molar-refractivity contribution in [2.45, 2.75) is 25.4 Å². The predicted molar refractivity (Wildman–Crippen MR) is 141 cm³/mol. The molecule has 2 N–H and O–H groups in total. The summed E-state index contributed by atoms with van der Waals surface area (Å²) in [5, 5.41) is 5.33. The van der Waals surface area contributed by atoms with Crippen LogP contribution in [-0.2, 0) is 20.9 Å². The number of carbonyl (C=O) groups excluding carboxylic acids is 2. The average Bonchev–Trinajstić information content (AvgIpc) is 2.89. The molecule has 0 bridgehead atoms. The van der Waals surface area contributed by atoms with E-state index < -0.39 is 35.3 Å². The molecule has 0 saturated carbocycles. The Balaban J connectivity index is 1.43. The van der Waals surface area contributed by atoms with Gasteiger partial charge in [0.05, 0.1) is 13.2 Å². The highest BCUT2D eigenvalue weighted by Gasteiger charge is 2.37. The molecule has 1 aliphatic rings. The van der Waals surface area contributed by atoms with Gasteiger partial charge in [0, 0.05) is 11.3 Å². The van der Waals surface area contributed by atoms with Crippen LogP contribution >= 0.6 is 0 Å². The molecule has 1 atom stereocenters. The molecular formula is C28H25F4N4O5+. The van der Waals surface area contributed by atoms with Gasteiger partial charge in [0.25, 0.3) is 11.8 Å². The minimum absolute atomic E-state index is 0.0991. The number of rotatable bonds is 12. The van der Waals surface area contributed by atoms with Gasteiger partial charge in [-0.15, -0.1) is 13.2 Å². The molecule has 3 aromatic rings. The van der Waals surface area contributed by atoms with Crippen LogP contribution in [0.15, 0.2) is 77.8 Å². The number of para-hydroxylation sites is 1. The second-order valence-electron chi connectivity index (χ2n) is 9.12. The lowest BCUT2D eigenvalue weighted by molar-refractivity contribution is -0.392. The van der Waals surface area contributed by atoms with Gasteiger partial charge in [0.2, 0.25) is 12.7 Å². The molecule has 0 aromatic heterocycles. The molecule has 214 valence electrons. The van der Waals surface area contributed by atoms with E-state index in [1.54, 1.807) is 24.3 Å². The van der Waals surface area contributed by atoms with E-state index >= 15 is 0 Å². The maximum atomic E-state index is 13.4. The Morgan fingerprint density at radius 2 is 1.59 bits per heavy atom. The number of nitrogens with one attached hydrogen (secondary N) is 2. The second kappa shape index (κ2) is 12.6. The fourth-order valence-electron chi connectivity index (χ4n) is 3.64. The molecule has 0 fully saturated rings. The maximum absolute atomic E-state index is 13.4. The number of alkyl halides is 3. The lowest BCUT2D eigenvalue weighted by atomic mass is 10.0. The average molecular weight is 574 g/mol. The van der Waals surface area contributed by atoms with Gasteiger partial charge in [-0.1, -0.05) is 23.2 Å². The molecule has 13 heteroatoms. The summed E-state index contributed by atoms with van der Waals surface area (Å²) < 4.78 is 68.2. The Morgan fingerprint density at radius 1 is 0.951 bits per heavy atom. The third-order valence-electron chi connectivity index (χ3n) is 5.68. The fraction of sp³-hybridized carbons (Fsp3) is 0.214. The van der Waals surface area contributed by atoms with E-state index in [4.69, 9.17) is 9.47 Å². The molecule has 1 heterocycles. The Labute approximate surface area is 232 Å². The molecule has 0 spiro atoms. The van der Waals surface area contributed by atoms with Crippen molar-refractivity contribution < 1.29 is 45.9 Å². The summed E-state index contributed by atoms with van der Waals surface area (Å²) in [4.78, 5) is 29.8. The Kier molecular flexibility index (Phi) is 8.97. The number of hydrogen-bond acceptors (Lipinski definition) is 6. The van der Waals surface area contributed by atoms with Crippen molar-refractivity contribution >= 4 is 30.2 Å². The largest absolute Gasteiger partial charge is 0.573 e. The van der Waals surface area contributed by atoms with Crippen LogP contribution in [0, 0.1) is 5.82 Å². The molecule has 2 amide bonds. The first-order valence-electron chi connectivity index (χ1n) is 12.2. The van der Waals surface area contributed by atoms with Crippen molar-refractivity contribution in [1.29, 1.82) is 0 Å². The monoisotopic (exact) mass is 573 g/mol. The topological polar surface area (TPSA) is 101 Å². The van der Waals surface area contributed by atoms with Gasteiger partial charge < -0.3 is 24.8 Å². The van der Waals surface area contributed by atoms with Crippen LogP contribution in [0.25, 0.3) is 0 Å². The summed E-state index contributed by atoms with van der Waals surface area (Å²) in [6, 6.07) is 17.2. The lowest BCUT2D eigenvalue weighted by Crippen LogP contribution is -2.59. The summed E-state index contributed by atoms with van der Waals surface area (Å²) in [6.07, 6.45) is -2.03. The van der Waals surface area contributed by atoms with E-state index in [-0.39, 0.29) is 25.3 Å². The molecule has 0 aliphatic carbocycles. The SMILES string of the molecule is CC(COCc1ccccc1OC(F)(F)F)(NC(=O)C[N+]1=CN=C1)C(=O)Nc1ccc(Oc2ccc(F)cc2)cc1. The molecule has 3 aromatic carbocycles. The lowest BCUT2D eigenvalue weighted by Gasteiger charge is -2.29.